The average Bonchev–Trinajstić information content (AvgIpc) is 3.19. The molecular formula is C41H28N6O9S2. The number of carbonyl (C=O) groups is 3. The summed E-state index contributed by atoms with van der Waals surface area (Å²) in [5.41, 5.74) is 9.85. The zero-order valence-corrected chi connectivity index (χ0v) is 31.3. The predicted octanol–water partition coefficient (Wildman–Crippen LogP) is 7.49. The molecule has 0 atom stereocenters. The number of nitrogens with one attached hydrogen (secondary N) is 4. The van der Waals surface area contributed by atoms with E-state index >= 15 is 0 Å². The van der Waals surface area contributed by atoms with Crippen molar-refractivity contribution in [3.05, 3.63) is 144 Å². The highest BCUT2D eigenvalue weighted by molar-refractivity contribution is 7.86. The van der Waals surface area contributed by atoms with Gasteiger partial charge in [-0.1, -0.05) is 36.4 Å². The minimum absolute atomic E-state index is 0.147. The molecule has 0 aromatic heterocycles. The standard InChI is InChI=1S/C41H28N6O9S2/c48-39-35-13-9-29(19-27(35)5-15-37(39)46-44-31-7-1-25-21-33(57(51,52)53)11-3-23(25)17-31)42-41(50)43-30-10-14-36-28(20-30)6-16-38(40(36)49)47-45-32-8-2-26-22-34(58(54,55)56)12-4-24(26)18-32/h1-22,44-45H,(H2,42,43,50)(H,51,52,53)(H,54,55,56)/b46-37-,47-38+. The zero-order chi connectivity index (χ0) is 40.8. The third-order valence-electron chi connectivity index (χ3n) is 9.24. The fourth-order valence-electron chi connectivity index (χ4n) is 6.36. The van der Waals surface area contributed by atoms with Crippen molar-refractivity contribution in [3.8, 4) is 0 Å². The van der Waals surface area contributed by atoms with Gasteiger partial charge in [0.05, 0.1) is 21.2 Å². The number of amides is 2. The summed E-state index contributed by atoms with van der Waals surface area (Å²) in [6, 6.07) is 27.6. The summed E-state index contributed by atoms with van der Waals surface area (Å²) in [5.74, 6) is -0.680. The Bertz CT molecular complexity index is 2930. The number of carbonyl (C=O) groups excluding carboxylic acids is 3. The lowest BCUT2D eigenvalue weighted by atomic mass is 9.94. The molecule has 6 N–H and O–H groups in total. The van der Waals surface area contributed by atoms with Crippen LogP contribution in [0.4, 0.5) is 27.5 Å². The van der Waals surface area contributed by atoms with E-state index in [-0.39, 0.29) is 32.8 Å². The van der Waals surface area contributed by atoms with Gasteiger partial charge in [0.25, 0.3) is 20.2 Å². The highest BCUT2D eigenvalue weighted by Crippen LogP contribution is 2.27. The number of hydrazone groups is 2. The third-order valence-corrected chi connectivity index (χ3v) is 10.9. The summed E-state index contributed by atoms with van der Waals surface area (Å²) in [6.45, 7) is 0. The Morgan fingerprint density at radius 1 is 0.466 bits per heavy atom. The molecule has 6 aromatic rings. The van der Waals surface area contributed by atoms with Crippen molar-refractivity contribution in [3.63, 3.8) is 0 Å². The number of ketones is 2. The summed E-state index contributed by atoms with van der Waals surface area (Å²) in [5, 5.41) is 16.6. The Morgan fingerprint density at radius 3 is 1.26 bits per heavy atom. The van der Waals surface area contributed by atoms with E-state index in [9.17, 15) is 40.3 Å². The monoisotopic (exact) mass is 812 g/mol. The number of anilines is 4. The summed E-state index contributed by atoms with van der Waals surface area (Å²) < 4.78 is 64.4. The highest BCUT2D eigenvalue weighted by Gasteiger charge is 2.22. The number of hydrogen-bond acceptors (Lipinski definition) is 11. The lowest BCUT2D eigenvalue weighted by Gasteiger charge is -2.15. The van der Waals surface area contributed by atoms with Crippen molar-refractivity contribution in [1.82, 2.24) is 0 Å². The molecule has 2 amide bonds. The zero-order valence-electron chi connectivity index (χ0n) is 29.7. The molecule has 15 nitrogen and oxygen atoms in total. The van der Waals surface area contributed by atoms with Crippen molar-refractivity contribution in [1.29, 1.82) is 0 Å². The first-order valence-corrected chi connectivity index (χ1v) is 20.1. The number of Topliss-reactive ketones (excluding diaryl/α,β-unsaturated/α-hetero) is 2. The van der Waals surface area contributed by atoms with E-state index in [1.54, 1.807) is 109 Å². The Hall–Kier alpha value is -7.31. The number of fused-ring (bicyclic) bond motifs is 4. The molecule has 0 aliphatic heterocycles. The number of urea groups is 1. The van der Waals surface area contributed by atoms with E-state index in [2.05, 4.69) is 31.7 Å². The van der Waals surface area contributed by atoms with Crippen molar-refractivity contribution in [2.24, 2.45) is 10.2 Å². The molecule has 8 rings (SSSR count). The minimum atomic E-state index is -4.34. The molecule has 2 aliphatic rings. The Morgan fingerprint density at radius 2 is 0.845 bits per heavy atom. The number of benzene rings is 6. The van der Waals surface area contributed by atoms with Crippen molar-refractivity contribution >= 4 is 106 Å². The molecule has 2 aliphatic carbocycles. The van der Waals surface area contributed by atoms with Crippen LogP contribution in [0.5, 0.6) is 0 Å². The van der Waals surface area contributed by atoms with Crippen molar-refractivity contribution in [2.45, 2.75) is 9.79 Å². The summed E-state index contributed by atoms with van der Waals surface area (Å²) in [4.78, 5) is 39.0. The maximum atomic E-state index is 13.2. The molecule has 58 heavy (non-hydrogen) atoms. The molecule has 0 fully saturated rings. The first kappa shape index (κ1) is 37.6. The molecule has 0 spiro atoms. The van der Waals surface area contributed by atoms with Gasteiger partial charge in [0.2, 0.25) is 11.6 Å². The van der Waals surface area contributed by atoms with Crippen LogP contribution in [-0.4, -0.2) is 55.0 Å². The van der Waals surface area contributed by atoms with Crippen LogP contribution in [0.1, 0.15) is 31.8 Å². The van der Waals surface area contributed by atoms with Crippen LogP contribution in [0.2, 0.25) is 0 Å². The SMILES string of the molecule is O=C(Nc1ccc2c(c1)C=C/C(=N/Nc1ccc3cc(S(=O)(=O)O)ccc3c1)C2=O)Nc1ccc2c(c1)C=C/C(=N\Nc1ccc3cc(S(=O)(=O)O)ccc3c1)C2=O. The van der Waals surface area contributed by atoms with Gasteiger partial charge in [-0.05, 0) is 130 Å². The minimum Gasteiger partial charge on any atom is -0.308 e. The van der Waals surface area contributed by atoms with E-state index in [4.69, 9.17) is 0 Å². The first-order chi connectivity index (χ1) is 27.7. The Kier molecular flexibility index (Phi) is 9.49. The van der Waals surface area contributed by atoms with Crippen LogP contribution in [0.3, 0.4) is 0 Å². The largest absolute Gasteiger partial charge is 0.323 e. The lowest BCUT2D eigenvalue weighted by molar-refractivity contribution is 0.105. The van der Waals surface area contributed by atoms with Gasteiger partial charge < -0.3 is 10.6 Å². The molecule has 0 saturated heterocycles. The van der Waals surface area contributed by atoms with Crippen molar-refractivity contribution in [2.75, 3.05) is 21.5 Å². The highest BCUT2D eigenvalue weighted by atomic mass is 32.2. The molecular weight excluding hydrogens is 785 g/mol. The van der Waals surface area contributed by atoms with E-state index in [1.165, 1.54) is 24.3 Å². The maximum Gasteiger partial charge on any atom is 0.323 e. The van der Waals surface area contributed by atoms with Gasteiger partial charge in [-0.2, -0.15) is 27.0 Å². The molecule has 17 heteroatoms. The van der Waals surface area contributed by atoms with Crippen LogP contribution in [0.15, 0.2) is 141 Å². The molecule has 0 unspecified atom stereocenters. The van der Waals surface area contributed by atoms with Gasteiger partial charge in [0.1, 0.15) is 11.4 Å². The number of nitrogens with zero attached hydrogens (tertiary/aromatic N) is 2. The molecule has 0 radical (unpaired) electrons. The second-order valence-corrected chi connectivity index (χ2v) is 16.0. The van der Waals surface area contributed by atoms with Crippen LogP contribution in [-0.2, 0) is 20.2 Å². The smallest absolute Gasteiger partial charge is 0.308 e. The molecule has 6 aromatic carbocycles. The first-order valence-electron chi connectivity index (χ1n) is 17.2. The fraction of sp³-hybridized carbons (Fsp3) is 0. The second-order valence-electron chi connectivity index (χ2n) is 13.1. The molecule has 0 heterocycles. The van der Waals surface area contributed by atoms with Crippen LogP contribution in [0.25, 0.3) is 33.7 Å². The van der Waals surface area contributed by atoms with Gasteiger partial charge in [-0.3, -0.25) is 29.5 Å². The van der Waals surface area contributed by atoms with E-state index < -0.39 is 26.3 Å². The van der Waals surface area contributed by atoms with Crippen LogP contribution >= 0.6 is 0 Å². The normalized spacial score (nSPS) is 15.1. The molecule has 0 saturated carbocycles. The van der Waals surface area contributed by atoms with Crippen LogP contribution < -0.4 is 21.5 Å². The van der Waals surface area contributed by atoms with Gasteiger partial charge in [-0.25, -0.2) is 4.79 Å². The average molecular weight is 813 g/mol. The number of allylic oxidation sites excluding steroid dienone is 2. The summed E-state index contributed by atoms with van der Waals surface area (Å²) >= 11 is 0. The summed E-state index contributed by atoms with van der Waals surface area (Å²) in [6.07, 6.45) is 6.49. The van der Waals surface area contributed by atoms with E-state index in [0.717, 1.165) is 0 Å². The van der Waals surface area contributed by atoms with Crippen LogP contribution in [0, 0.1) is 0 Å². The Balaban J connectivity index is 0.883. The van der Waals surface area contributed by atoms with E-state index in [0.29, 0.717) is 66.5 Å². The summed E-state index contributed by atoms with van der Waals surface area (Å²) in [7, 11) is -8.67. The van der Waals surface area contributed by atoms with Gasteiger partial charge >= 0.3 is 6.03 Å². The van der Waals surface area contributed by atoms with E-state index in [1.807, 2.05) is 0 Å². The molecule has 0 bridgehead atoms. The second kappa shape index (κ2) is 14.6. The van der Waals surface area contributed by atoms with Crippen molar-refractivity contribution < 1.29 is 40.3 Å². The number of rotatable bonds is 8. The van der Waals surface area contributed by atoms with Gasteiger partial charge in [-0.15, -0.1) is 0 Å². The maximum absolute atomic E-state index is 13.2. The lowest BCUT2D eigenvalue weighted by Crippen LogP contribution is -2.22. The van der Waals surface area contributed by atoms with Gasteiger partial charge in [0.15, 0.2) is 0 Å². The predicted molar refractivity (Wildman–Crippen MR) is 222 cm³/mol. The quantitative estimate of drug-likeness (QED) is 0.0651. The number of hydrogen-bond donors (Lipinski definition) is 6. The molecule has 288 valence electrons. The van der Waals surface area contributed by atoms with Gasteiger partial charge in [0, 0.05) is 22.5 Å². The Labute approximate surface area is 330 Å². The third kappa shape index (κ3) is 7.86. The fourth-order valence-corrected chi connectivity index (χ4v) is 7.39. The topological polar surface area (TPSA) is 233 Å².